The lowest BCUT2D eigenvalue weighted by Gasteiger charge is -2.07. The van der Waals surface area contributed by atoms with Gasteiger partial charge in [0.2, 0.25) is 0 Å². The molecule has 4 nitrogen and oxygen atoms in total. The van der Waals surface area contributed by atoms with Crippen LogP contribution in [0.2, 0.25) is 0 Å². The highest BCUT2D eigenvalue weighted by Crippen LogP contribution is 2.25. The SMILES string of the molecule is CCc1ncc(-c2n[nH]c(=S)n2CC(C)C)s1. The Kier molecular flexibility index (Phi) is 3.73. The van der Waals surface area contributed by atoms with Gasteiger partial charge in [0.15, 0.2) is 10.6 Å². The van der Waals surface area contributed by atoms with Gasteiger partial charge in [-0.25, -0.2) is 4.98 Å². The van der Waals surface area contributed by atoms with Crippen molar-refractivity contribution in [3.63, 3.8) is 0 Å². The fourth-order valence-electron chi connectivity index (χ4n) is 1.62. The third-order valence-corrected chi connectivity index (χ3v) is 3.83. The second kappa shape index (κ2) is 5.10. The standard InChI is InChI=1S/C11H16N4S2/c1-4-9-12-5-8(17-9)10-13-14-11(16)15(10)6-7(2)3/h5,7H,4,6H2,1-3H3,(H,14,16). The van der Waals surface area contributed by atoms with Crippen molar-refractivity contribution in [2.75, 3.05) is 0 Å². The van der Waals surface area contributed by atoms with E-state index in [9.17, 15) is 0 Å². The van der Waals surface area contributed by atoms with Crippen LogP contribution >= 0.6 is 23.6 Å². The molecule has 0 spiro atoms. The number of aromatic nitrogens is 4. The maximum Gasteiger partial charge on any atom is 0.195 e. The molecule has 0 unspecified atom stereocenters. The summed E-state index contributed by atoms with van der Waals surface area (Å²) in [6.45, 7) is 7.32. The van der Waals surface area contributed by atoms with Crippen LogP contribution in [0, 0.1) is 10.7 Å². The molecule has 6 heteroatoms. The van der Waals surface area contributed by atoms with Gasteiger partial charge in [0.1, 0.15) is 0 Å². The topological polar surface area (TPSA) is 46.5 Å². The maximum absolute atomic E-state index is 5.26. The van der Waals surface area contributed by atoms with Crippen LogP contribution in [0.1, 0.15) is 25.8 Å². The first-order valence-electron chi connectivity index (χ1n) is 5.72. The molecule has 92 valence electrons. The van der Waals surface area contributed by atoms with E-state index in [1.165, 1.54) is 0 Å². The van der Waals surface area contributed by atoms with Crippen molar-refractivity contribution in [3.05, 3.63) is 16.0 Å². The van der Waals surface area contributed by atoms with E-state index in [1.54, 1.807) is 11.3 Å². The molecule has 0 radical (unpaired) electrons. The van der Waals surface area contributed by atoms with Crippen molar-refractivity contribution >= 4 is 23.6 Å². The summed E-state index contributed by atoms with van der Waals surface area (Å²) in [6.07, 6.45) is 2.84. The van der Waals surface area contributed by atoms with Crippen molar-refractivity contribution in [2.45, 2.75) is 33.7 Å². The Morgan fingerprint density at radius 2 is 2.29 bits per heavy atom. The van der Waals surface area contributed by atoms with Crippen LogP contribution in [-0.2, 0) is 13.0 Å². The largest absolute Gasteiger partial charge is 0.299 e. The summed E-state index contributed by atoms with van der Waals surface area (Å²) < 4.78 is 2.73. The Hall–Kier alpha value is -1.01. The Bertz CT molecular complexity index is 550. The molecule has 0 aliphatic heterocycles. The highest BCUT2D eigenvalue weighted by molar-refractivity contribution is 7.71. The van der Waals surface area contributed by atoms with E-state index in [2.05, 4.69) is 36.0 Å². The van der Waals surface area contributed by atoms with E-state index < -0.39 is 0 Å². The van der Waals surface area contributed by atoms with Crippen LogP contribution in [0.15, 0.2) is 6.20 Å². The molecule has 2 rings (SSSR count). The number of aromatic amines is 1. The third-order valence-electron chi connectivity index (χ3n) is 2.38. The van der Waals surface area contributed by atoms with Crippen LogP contribution in [-0.4, -0.2) is 19.7 Å². The van der Waals surface area contributed by atoms with E-state index in [4.69, 9.17) is 12.2 Å². The van der Waals surface area contributed by atoms with Crippen LogP contribution in [0.4, 0.5) is 0 Å². The van der Waals surface area contributed by atoms with Gasteiger partial charge in [-0.2, -0.15) is 5.10 Å². The minimum atomic E-state index is 0.539. The second-order valence-corrected chi connectivity index (χ2v) is 5.83. The van der Waals surface area contributed by atoms with E-state index in [1.807, 2.05) is 10.8 Å². The van der Waals surface area contributed by atoms with Crippen LogP contribution in [0.25, 0.3) is 10.7 Å². The number of H-pyrrole nitrogens is 1. The molecule has 0 amide bonds. The molecule has 0 aliphatic rings. The van der Waals surface area contributed by atoms with Gasteiger partial charge in [0.25, 0.3) is 0 Å². The lowest BCUT2D eigenvalue weighted by atomic mass is 10.2. The quantitative estimate of drug-likeness (QED) is 0.866. The highest BCUT2D eigenvalue weighted by Gasteiger charge is 2.12. The van der Waals surface area contributed by atoms with Crippen molar-refractivity contribution in [1.82, 2.24) is 19.7 Å². The zero-order valence-corrected chi connectivity index (χ0v) is 11.9. The third kappa shape index (κ3) is 2.63. The Morgan fingerprint density at radius 3 is 2.88 bits per heavy atom. The average molecular weight is 268 g/mol. The Morgan fingerprint density at radius 1 is 1.53 bits per heavy atom. The van der Waals surface area contributed by atoms with Gasteiger partial charge < -0.3 is 0 Å². The number of hydrogen-bond acceptors (Lipinski definition) is 4. The lowest BCUT2D eigenvalue weighted by molar-refractivity contribution is 0.522. The van der Waals surface area contributed by atoms with E-state index in [-0.39, 0.29) is 0 Å². The summed E-state index contributed by atoms with van der Waals surface area (Å²) in [5.74, 6) is 1.44. The van der Waals surface area contributed by atoms with E-state index in [0.717, 1.165) is 28.7 Å². The minimum absolute atomic E-state index is 0.539. The van der Waals surface area contributed by atoms with Gasteiger partial charge in [0.05, 0.1) is 9.88 Å². The molecule has 0 aromatic carbocycles. The van der Waals surface area contributed by atoms with Crippen molar-refractivity contribution in [2.24, 2.45) is 5.92 Å². The summed E-state index contributed by atoms with van der Waals surface area (Å²) >= 11 is 6.94. The number of aryl methyl sites for hydroxylation is 1. The second-order valence-electron chi connectivity index (χ2n) is 4.33. The number of rotatable bonds is 4. The number of thiazole rings is 1. The molecule has 1 N–H and O–H groups in total. The summed E-state index contributed by atoms with van der Waals surface area (Å²) in [7, 11) is 0. The van der Waals surface area contributed by atoms with Gasteiger partial charge in [-0.15, -0.1) is 11.3 Å². The molecule has 0 saturated carbocycles. The van der Waals surface area contributed by atoms with E-state index in [0.29, 0.717) is 10.7 Å². The molecule has 0 saturated heterocycles. The molecule has 2 heterocycles. The molecule has 0 aliphatic carbocycles. The number of nitrogens with one attached hydrogen (secondary N) is 1. The Labute approximate surface area is 110 Å². The molecular formula is C11H16N4S2. The summed E-state index contributed by atoms with van der Waals surface area (Å²) in [6, 6.07) is 0. The van der Waals surface area contributed by atoms with Gasteiger partial charge in [-0.05, 0) is 24.6 Å². The molecule has 0 atom stereocenters. The monoisotopic (exact) mass is 268 g/mol. The minimum Gasteiger partial charge on any atom is -0.299 e. The molecular weight excluding hydrogens is 252 g/mol. The molecule has 17 heavy (non-hydrogen) atoms. The first-order chi connectivity index (χ1) is 8.11. The average Bonchev–Trinajstić information content (AvgIpc) is 2.86. The maximum atomic E-state index is 5.26. The number of nitrogens with zero attached hydrogens (tertiary/aromatic N) is 3. The van der Waals surface area contributed by atoms with Crippen molar-refractivity contribution in [3.8, 4) is 10.7 Å². The normalized spacial score (nSPS) is 11.3. The summed E-state index contributed by atoms with van der Waals surface area (Å²) in [4.78, 5) is 5.44. The van der Waals surface area contributed by atoms with Crippen LogP contribution in [0.3, 0.4) is 0 Å². The molecule has 0 bridgehead atoms. The van der Waals surface area contributed by atoms with Crippen LogP contribution in [0.5, 0.6) is 0 Å². The fraction of sp³-hybridized carbons (Fsp3) is 0.545. The molecule has 0 fully saturated rings. The first kappa shape index (κ1) is 12.4. The van der Waals surface area contributed by atoms with E-state index >= 15 is 0 Å². The molecule has 2 aromatic heterocycles. The fourth-order valence-corrected chi connectivity index (χ4v) is 2.68. The van der Waals surface area contributed by atoms with Crippen LogP contribution < -0.4 is 0 Å². The highest BCUT2D eigenvalue weighted by atomic mass is 32.1. The van der Waals surface area contributed by atoms with Crippen molar-refractivity contribution in [1.29, 1.82) is 0 Å². The Balaban J connectivity index is 2.41. The van der Waals surface area contributed by atoms with Gasteiger partial charge in [-0.1, -0.05) is 20.8 Å². The predicted molar refractivity (Wildman–Crippen MR) is 72.7 cm³/mol. The van der Waals surface area contributed by atoms with Crippen molar-refractivity contribution < 1.29 is 0 Å². The predicted octanol–water partition coefficient (Wildman–Crippen LogP) is 3.28. The molecule has 2 aromatic rings. The van der Waals surface area contributed by atoms with Gasteiger partial charge in [-0.3, -0.25) is 9.67 Å². The van der Waals surface area contributed by atoms with Gasteiger partial charge in [0, 0.05) is 12.7 Å². The summed E-state index contributed by atoms with van der Waals surface area (Å²) in [5.41, 5.74) is 0. The smallest absolute Gasteiger partial charge is 0.195 e. The first-order valence-corrected chi connectivity index (χ1v) is 6.94. The summed E-state index contributed by atoms with van der Waals surface area (Å²) in [5, 5.41) is 8.30. The lowest BCUT2D eigenvalue weighted by Crippen LogP contribution is -2.05. The number of hydrogen-bond donors (Lipinski definition) is 1. The zero-order valence-electron chi connectivity index (χ0n) is 10.2. The zero-order chi connectivity index (χ0) is 12.4. The van der Waals surface area contributed by atoms with Gasteiger partial charge >= 0.3 is 0 Å².